The van der Waals surface area contributed by atoms with Crippen molar-refractivity contribution in [3.63, 3.8) is 0 Å². The first kappa shape index (κ1) is 16.0. The van der Waals surface area contributed by atoms with Crippen molar-refractivity contribution in [1.29, 1.82) is 0 Å². The molecule has 1 atom stereocenters. The van der Waals surface area contributed by atoms with E-state index >= 15 is 0 Å². The Kier molecular flexibility index (Phi) is 5.01. The van der Waals surface area contributed by atoms with E-state index in [1.807, 2.05) is 24.3 Å². The standard InChI is InChI=1S/C17H18BrFO2/c1-10(2)11-4-6-12(7-5-11)17(20)13-8-14(18)15(19)9-16(13)21-3/h4-10,17,20H,1-3H3. The lowest BCUT2D eigenvalue weighted by molar-refractivity contribution is 0.214. The summed E-state index contributed by atoms with van der Waals surface area (Å²) in [5.41, 5.74) is 2.48. The van der Waals surface area contributed by atoms with E-state index in [0.717, 1.165) is 5.56 Å². The molecular weight excluding hydrogens is 335 g/mol. The van der Waals surface area contributed by atoms with Crippen LogP contribution in [0.25, 0.3) is 0 Å². The predicted molar refractivity (Wildman–Crippen MR) is 85.2 cm³/mol. The minimum atomic E-state index is -0.863. The zero-order valence-electron chi connectivity index (χ0n) is 12.2. The molecule has 112 valence electrons. The maximum Gasteiger partial charge on any atom is 0.141 e. The highest BCUT2D eigenvalue weighted by molar-refractivity contribution is 9.10. The summed E-state index contributed by atoms with van der Waals surface area (Å²) in [6.07, 6.45) is -0.863. The number of benzene rings is 2. The molecule has 2 nitrogen and oxygen atoms in total. The predicted octanol–water partition coefficient (Wildman–Crippen LogP) is 4.80. The van der Waals surface area contributed by atoms with E-state index in [2.05, 4.69) is 29.8 Å². The molecule has 1 unspecified atom stereocenters. The second-order valence-corrected chi connectivity index (χ2v) is 6.09. The Morgan fingerprint density at radius 3 is 2.19 bits per heavy atom. The fourth-order valence-electron chi connectivity index (χ4n) is 2.18. The van der Waals surface area contributed by atoms with Gasteiger partial charge in [0.1, 0.15) is 17.7 Å². The maximum atomic E-state index is 13.5. The highest BCUT2D eigenvalue weighted by Crippen LogP contribution is 2.34. The molecule has 0 saturated heterocycles. The molecule has 0 aromatic heterocycles. The third kappa shape index (κ3) is 3.44. The Hall–Kier alpha value is -1.39. The number of aliphatic hydroxyl groups excluding tert-OH is 1. The van der Waals surface area contributed by atoms with Crippen LogP contribution in [0.1, 0.15) is 42.6 Å². The third-order valence-electron chi connectivity index (χ3n) is 3.49. The number of aliphatic hydroxyl groups is 1. The molecule has 4 heteroatoms. The van der Waals surface area contributed by atoms with Crippen molar-refractivity contribution in [2.24, 2.45) is 0 Å². The van der Waals surface area contributed by atoms with Gasteiger partial charge in [-0.3, -0.25) is 0 Å². The van der Waals surface area contributed by atoms with E-state index < -0.39 is 11.9 Å². The molecule has 2 aromatic rings. The van der Waals surface area contributed by atoms with Crippen LogP contribution in [-0.4, -0.2) is 12.2 Å². The lowest BCUT2D eigenvalue weighted by atomic mass is 9.96. The van der Waals surface area contributed by atoms with Crippen molar-refractivity contribution in [2.75, 3.05) is 7.11 Å². The van der Waals surface area contributed by atoms with Crippen molar-refractivity contribution in [1.82, 2.24) is 0 Å². The average molecular weight is 353 g/mol. The third-order valence-corrected chi connectivity index (χ3v) is 4.09. The first-order valence-corrected chi connectivity index (χ1v) is 7.54. The number of hydrogen-bond acceptors (Lipinski definition) is 2. The number of methoxy groups -OCH3 is 1. The summed E-state index contributed by atoms with van der Waals surface area (Å²) in [7, 11) is 1.46. The van der Waals surface area contributed by atoms with Crippen LogP contribution in [0.2, 0.25) is 0 Å². The van der Waals surface area contributed by atoms with Gasteiger partial charge in [0.2, 0.25) is 0 Å². The summed E-state index contributed by atoms with van der Waals surface area (Å²) in [4.78, 5) is 0. The number of rotatable bonds is 4. The molecule has 21 heavy (non-hydrogen) atoms. The number of halogens is 2. The number of hydrogen-bond donors (Lipinski definition) is 1. The fourth-order valence-corrected chi connectivity index (χ4v) is 2.54. The molecule has 0 aliphatic heterocycles. The van der Waals surface area contributed by atoms with Gasteiger partial charge in [0.15, 0.2) is 0 Å². The Labute approximate surface area is 132 Å². The number of ether oxygens (including phenoxy) is 1. The van der Waals surface area contributed by atoms with E-state index in [-0.39, 0.29) is 0 Å². The van der Waals surface area contributed by atoms with Crippen molar-refractivity contribution in [3.05, 3.63) is 63.4 Å². The zero-order chi connectivity index (χ0) is 15.6. The van der Waals surface area contributed by atoms with E-state index in [4.69, 9.17) is 4.74 Å². The molecule has 0 aliphatic rings. The largest absolute Gasteiger partial charge is 0.496 e. The summed E-state index contributed by atoms with van der Waals surface area (Å²) in [5, 5.41) is 10.5. The van der Waals surface area contributed by atoms with Gasteiger partial charge in [-0.1, -0.05) is 38.1 Å². The van der Waals surface area contributed by atoms with Gasteiger partial charge in [-0.05, 0) is 39.0 Å². The second-order valence-electron chi connectivity index (χ2n) is 5.23. The summed E-state index contributed by atoms with van der Waals surface area (Å²) in [5.74, 6) is 0.347. The van der Waals surface area contributed by atoms with Gasteiger partial charge in [-0.15, -0.1) is 0 Å². The molecule has 0 radical (unpaired) electrons. The summed E-state index contributed by atoms with van der Waals surface area (Å²) in [6, 6.07) is 10.6. The first-order valence-electron chi connectivity index (χ1n) is 6.75. The van der Waals surface area contributed by atoms with Crippen LogP contribution in [0, 0.1) is 5.82 Å². The summed E-state index contributed by atoms with van der Waals surface area (Å²) in [6.45, 7) is 4.23. The van der Waals surface area contributed by atoms with Crippen molar-refractivity contribution in [3.8, 4) is 5.75 Å². The molecule has 0 fully saturated rings. The van der Waals surface area contributed by atoms with Crippen LogP contribution in [0.15, 0.2) is 40.9 Å². The van der Waals surface area contributed by atoms with Gasteiger partial charge >= 0.3 is 0 Å². The quantitative estimate of drug-likeness (QED) is 0.855. The van der Waals surface area contributed by atoms with Gasteiger partial charge in [0.05, 0.1) is 11.6 Å². The van der Waals surface area contributed by atoms with E-state index in [1.165, 1.54) is 18.7 Å². The molecule has 1 N–H and O–H groups in total. The summed E-state index contributed by atoms with van der Waals surface area (Å²) < 4.78 is 19.0. The monoisotopic (exact) mass is 352 g/mol. The molecule has 2 aromatic carbocycles. The van der Waals surface area contributed by atoms with E-state index in [9.17, 15) is 9.50 Å². The smallest absolute Gasteiger partial charge is 0.141 e. The van der Waals surface area contributed by atoms with Crippen LogP contribution in [0.5, 0.6) is 5.75 Å². The average Bonchev–Trinajstić information content (AvgIpc) is 2.49. The zero-order valence-corrected chi connectivity index (χ0v) is 13.8. The first-order chi connectivity index (χ1) is 9.93. The Balaban J connectivity index is 2.39. The minimum absolute atomic E-state index is 0.302. The molecule has 0 saturated carbocycles. The topological polar surface area (TPSA) is 29.5 Å². The molecule has 0 spiro atoms. The highest BCUT2D eigenvalue weighted by atomic mass is 79.9. The van der Waals surface area contributed by atoms with Crippen LogP contribution in [-0.2, 0) is 0 Å². The van der Waals surface area contributed by atoms with Gasteiger partial charge in [-0.25, -0.2) is 4.39 Å². The van der Waals surface area contributed by atoms with Gasteiger partial charge in [0, 0.05) is 11.6 Å². The molecule has 0 amide bonds. The van der Waals surface area contributed by atoms with Crippen molar-refractivity contribution in [2.45, 2.75) is 25.9 Å². The second kappa shape index (κ2) is 6.58. The maximum absolute atomic E-state index is 13.5. The SMILES string of the molecule is COc1cc(F)c(Br)cc1C(O)c1ccc(C(C)C)cc1. The van der Waals surface area contributed by atoms with Crippen molar-refractivity contribution < 1.29 is 14.2 Å². The van der Waals surface area contributed by atoms with Crippen LogP contribution >= 0.6 is 15.9 Å². The normalized spacial score (nSPS) is 12.5. The summed E-state index contributed by atoms with van der Waals surface area (Å²) >= 11 is 3.14. The van der Waals surface area contributed by atoms with Crippen LogP contribution in [0.4, 0.5) is 4.39 Å². The van der Waals surface area contributed by atoms with E-state index in [1.54, 1.807) is 6.07 Å². The molecule has 2 rings (SSSR count). The van der Waals surface area contributed by atoms with Gasteiger partial charge in [0.25, 0.3) is 0 Å². The Morgan fingerprint density at radius 2 is 1.67 bits per heavy atom. The highest BCUT2D eigenvalue weighted by Gasteiger charge is 2.18. The van der Waals surface area contributed by atoms with Crippen molar-refractivity contribution >= 4 is 15.9 Å². The lowest BCUT2D eigenvalue weighted by Crippen LogP contribution is -2.04. The Morgan fingerprint density at radius 1 is 1.10 bits per heavy atom. The van der Waals surface area contributed by atoms with Crippen LogP contribution < -0.4 is 4.74 Å². The lowest BCUT2D eigenvalue weighted by Gasteiger charge is -2.17. The molecule has 0 bridgehead atoms. The molecule has 0 heterocycles. The van der Waals surface area contributed by atoms with Gasteiger partial charge < -0.3 is 9.84 Å². The van der Waals surface area contributed by atoms with E-state index in [0.29, 0.717) is 21.7 Å². The Bertz CT molecular complexity index is 623. The minimum Gasteiger partial charge on any atom is -0.496 e. The van der Waals surface area contributed by atoms with Gasteiger partial charge in [-0.2, -0.15) is 0 Å². The molecular formula is C17H18BrFO2. The van der Waals surface area contributed by atoms with Crippen LogP contribution in [0.3, 0.4) is 0 Å². The molecule has 0 aliphatic carbocycles. The fraction of sp³-hybridized carbons (Fsp3) is 0.294.